The van der Waals surface area contributed by atoms with E-state index >= 15 is 0 Å². The number of amides is 1. The zero-order valence-electron chi connectivity index (χ0n) is 16.9. The number of ether oxygens (including phenoxy) is 2. The first-order valence-electron chi connectivity index (χ1n) is 9.93. The Morgan fingerprint density at radius 3 is 2.79 bits per heavy atom. The van der Waals surface area contributed by atoms with Crippen LogP contribution in [0.4, 0.5) is 0 Å². The summed E-state index contributed by atoms with van der Waals surface area (Å²) in [7, 11) is 1.47. The first kappa shape index (κ1) is 22.8. The lowest BCUT2D eigenvalue weighted by atomic mass is 10.1. The maximum atomic E-state index is 12.1. The quantitative estimate of drug-likeness (QED) is 0.657. The third kappa shape index (κ3) is 7.48. The Balaban J connectivity index is 2.03. The smallest absolute Gasteiger partial charge is 0.219 e. The fourth-order valence-electron chi connectivity index (χ4n) is 3.38. The van der Waals surface area contributed by atoms with Crippen molar-refractivity contribution >= 4 is 5.91 Å². The van der Waals surface area contributed by atoms with Crippen LogP contribution in [0.3, 0.4) is 0 Å². The number of rotatable bonds is 3. The normalized spacial score (nSPS) is 27.1. The Labute approximate surface area is 166 Å². The molecule has 0 unspecified atom stereocenters. The third-order valence-corrected chi connectivity index (χ3v) is 5.09. The lowest BCUT2D eigenvalue weighted by Crippen LogP contribution is -2.48. The molecular weight excluding hydrogens is 364 g/mol. The molecule has 2 heterocycles. The molecule has 0 aliphatic carbocycles. The van der Waals surface area contributed by atoms with Crippen molar-refractivity contribution < 1.29 is 24.5 Å². The molecule has 1 aliphatic heterocycles. The van der Waals surface area contributed by atoms with E-state index in [0.29, 0.717) is 13.2 Å². The van der Waals surface area contributed by atoms with Crippen molar-refractivity contribution in [3.63, 3.8) is 0 Å². The van der Waals surface area contributed by atoms with Gasteiger partial charge in [-0.1, -0.05) is 0 Å². The first-order chi connectivity index (χ1) is 13.5. The second-order valence-electron chi connectivity index (χ2n) is 7.32. The molecule has 0 aromatic carbocycles. The second-order valence-corrected chi connectivity index (χ2v) is 7.32. The lowest BCUT2D eigenvalue weighted by Gasteiger charge is -2.31. The summed E-state index contributed by atoms with van der Waals surface area (Å²) >= 11 is 0. The van der Waals surface area contributed by atoms with Crippen molar-refractivity contribution in [2.75, 3.05) is 46.5 Å². The molecule has 9 heteroatoms. The fraction of sp³-hybridized carbons (Fsp3) is 0.789. The number of hydrogen-bond donors (Lipinski definition) is 3. The van der Waals surface area contributed by atoms with Gasteiger partial charge in [-0.2, -0.15) is 5.10 Å². The minimum absolute atomic E-state index is 0.0415. The zero-order valence-corrected chi connectivity index (χ0v) is 16.9. The van der Waals surface area contributed by atoms with Gasteiger partial charge in [0.2, 0.25) is 5.91 Å². The van der Waals surface area contributed by atoms with E-state index in [-0.39, 0.29) is 19.1 Å². The lowest BCUT2D eigenvalue weighted by molar-refractivity contribution is -0.136. The molecule has 1 amide bonds. The van der Waals surface area contributed by atoms with Crippen molar-refractivity contribution in [3.05, 3.63) is 18.0 Å². The van der Waals surface area contributed by atoms with Gasteiger partial charge in [-0.05, 0) is 25.8 Å². The number of nitrogens with zero attached hydrogens (tertiary/aromatic N) is 3. The summed E-state index contributed by atoms with van der Waals surface area (Å²) in [5.74, 6) is -0.0781. The standard InChI is InChI=1S/C19H34N4O5/c1-15(24)23-8-5-7-22(12-16-10-20-21-11-16)6-3-4-9-28-14-17(25)19(26)18(13-23)27-2/h10-11,17-19,25-26H,3-9,12-14H2,1-2H3,(H,20,21)/t17-,18-,19-/m0/s1. The summed E-state index contributed by atoms with van der Waals surface area (Å²) in [6.07, 6.45) is 3.53. The molecule has 3 atom stereocenters. The maximum absolute atomic E-state index is 12.1. The van der Waals surface area contributed by atoms with Crippen LogP contribution in [0.2, 0.25) is 0 Å². The van der Waals surface area contributed by atoms with Gasteiger partial charge in [-0.3, -0.25) is 14.8 Å². The summed E-state index contributed by atoms with van der Waals surface area (Å²) in [5.41, 5.74) is 1.13. The Morgan fingerprint density at radius 2 is 2.11 bits per heavy atom. The van der Waals surface area contributed by atoms with Crippen LogP contribution < -0.4 is 0 Å². The van der Waals surface area contributed by atoms with Crippen LogP contribution in [0.5, 0.6) is 0 Å². The van der Waals surface area contributed by atoms with Crippen molar-refractivity contribution in [1.29, 1.82) is 0 Å². The monoisotopic (exact) mass is 398 g/mol. The molecule has 1 aromatic heterocycles. The number of methoxy groups -OCH3 is 1. The van der Waals surface area contributed by atoms with Gasteiger partial charge in [0, 0.05) is 58.6 Å². The van der Waals surface area contributed by atoms with Crippen LogP contribution in [0.25, 0.3) is 0 Å². The molecule has 9 nitrogen and oxygen atoms in total. The SMILES string of the molecule is CO[C@H]1CN(C(C)=O)CCCN(Cc2cn[nH]c2)CCCCOC[C@H](O)[C@@H]1O. The molecule has 28 heavy (non-hydrogen) atoms. The van der Waals surface area contributed by atoms with E-state index < -0.39 is 18.3 Å². The van der Waals surface area contributed by atoms with Crippen molar-refractivity contribution in [3.8, 4) is 0 Å². The van der Waals surface area contributed by atoms with Gasteiger partial charge < -0.3 is 24.6 Å². The van der Waals surface area contributed by atoms with Gasteiger partial charge in [0.25, 0.3) is 0 Å². The number of carbonyl (C=O) groups is 1. The molecule has 1 saturated heterocycles. The van der Waals surface area contributed by atoms with E-state index in [2.05, 4.69) is 15.1 Å². The number of carbonyl (C=O) groups excluding carboxylic acids is 1. The highest BCUT2D eigenvalue weighted by Crippen LogP contribution is 2.11. The predicted molar refractivity (Wildman–Crippen MR) is 104 cm³/mol. The molecule has 160 valence electrons. The molecule has 0 saturated carbocycles. The van der Waals surface area contributed by atoms with Crippen molar-refractivity contribution in [2.45, 2.75) is 51.0 Å². The number of aliphatic hydroxyl groups is 2. The minimum atomic E-state index is -1.12. The largest absolute Gasteiger partial charge is 0.388 e. The number of aromatic nitrogens is 2. The van der Waals surface area contributed by atoms with E-state index in [0.717, 1.165) is 44.5 Å². The molecule has 0 spiro atoms. The van der Waals surface area contributed by atoms with E-state index in [1.165, 1.54) is 14.0 Å². The molecule has 1 fully saturated rings. The second kappa shape index (κ2) is 12.1. The van der Waals surface area contributed by atoms with Crippen LogP contribution in [0.15, 0.2) is 12.4 Å². The molecule has 0 bridgehead atoms. The summed E-state index contributed by atoms with van der Waals surface area (Å²) in [6, 6.07) is 0. The fourth-order valence-corrected chi connectivity index (χ4v) is 3.38. The number of aliphatic hydroxyl groups excluding tert-OH is 2. The van der Waals surface area contributed by atoms with Crippen molar-refractivity contribution in [1.82, 2.24) is 20.0 Å². The van der Waals surface area contributed by atoms with E-state index in [4.69, 9.17) is 9.47 Å². The zero-order chi connectivity index (χ0) is 20.4. The molecule has 1 aliphatic rings. The van der Waals surface area contributed by atoms with Gasteiger partial charge in [0.15, 0.2) is 0 Å². The average Bonchev–Trinajstić information content (AvgIpc) is 3.18. The van der Waals surface area contributed by atoms with Crippen molar-refractivity contribution in [2.24, 2.45) is 0 Å². The van der Waals surface area contributed by atoms with Crippen LogP contribution in [0, 0.1) is 0 Å². The van der Waals surface area contributed by atoms with Gasteiger partial charge in [-0.25, -0.2) is 0 Å². The maximum Gasteiger partial charge on any atom is 0.219 e. The topological polar surface area (TPSA) is 111 Å². The third-order valence-electron chi connectivity index (χ3n) is 5.09. The summed E-state index contributed by atoms with van der Waals surface area (Å²) in [5, 5.41) is 27.4. The number of nitrogens with one attached hydrogen (secondary N) is 1. The average molecular weight is 399 g/mol. The van der Waals surface area contributed by atoms with Crippen LogP contribution >= 0.6 is 0 Å². The summed E-state index contributed by atoms with van der Waals surface area (Å²) in [6.45, 7) is 5.44. The highest BCUT2D eigenvalue weighted by Gasteiger charge is 2.29. The Hall–Kier alpha value is -1.52. The number of aromatic amines is 1. The molecule has 3 N–H and O–H groups in total. The number of H-pyrrole nitrogens is 1. The number of hydrogen-bond acceptors (Lipinski definition) is 7. The summed E-state index contributed by atoms with van der Waals surface area (Å²) in [4.78, 5) is 16.1. The van der Waals surface area contributed by atoms with Gasteiger partial charge in [0.1, 0.15) is 18.3 Å². The van der Waals surface area contributed by atoms with Crippen LogP contribution in [-0.4, -0.2) is 101 Å². The van der Waals surface area contributed by atoms with E-state index in [9.17, 15) is 15.0 Å². The Bertz CT molecular complexity index is 557. The van der Waals surface area contributed by atoms with Gasteiger partial charge in [0.05, 0.1) is 12.8 Å². The van der Waals surface area contributed by atoms with E-state index in [1.807, 2.05) is 12.4 Å². The molecular formula is C19H34N4O5. The summed E-state index contributed by atoms with van der Waals surface area (Å²) < 4.78 is 10.9. The molecule has 1 aromatic rings. The highest BCUT2D eigenvalue weighted by molar-refractivity contribution is 5.73. The molecule has 0 radical (unpaired) electrons. The molecule has 2 rings (SSSR count). The highest BCUT2D eigenvalue weighted by atomic mass is 16.5. The van der Waals surface area contributed by atoms with E-state index in [1.54, 1.807) is 4.90 Å². The Kier molecular flexibility index (Phi) is 9.86. The van der Waals surface area contributed by atoms with Gasteiger partial charge in [-0.15, -0.1) is 0 Å². The predicted octanol–water partition coefficient (Wildman–Crippen LogP) is -0.00250. The minimum Gasteiger partial charge on any atom is -0.388 e. The first-order valence-corrected chi connectivity index (χ1v) is 9.93. The Morgan fingerprint density at radius 1 is 1.32 bits per heavy atom. The van der Waals surface area contributed by atoms with Crippen LogP contribution in [0.1, 0.15) is 31.7 Å². The van der Waals surface area contributed by atoms with Gasteiger partial charge >= 0.3 is 0 Å². The van der Waals surface area contributed by atoms with Crippen LogP contribution in [-0.2, 0) is 20.8 Å².